The van der Waals surface area contributed by atoms with Gasteiger partial charge in [0.1, 0.15) is 6.10 Å². The first-order valence-electron chi connectivity index (χ1n) is 10.5. The Kier molecular flexibility index (Phi) is 10.1. The van der Waals surface area contributed by atoms with Gasteiger partial charge in [-0.25, -0.2) is 0 Å². The smallest absolute Gasteiger partial charge is 0.193 e. The van der Waals surface area contributed by atoms with E-state index in [2.05, 4.69) is 69.4 Å². The topological polar surface area (TPSA) is 57.9 Å². The first-order valence-corrected chi connectivity index (χ1v) is 10.5. The van der Waals surface area contributed by atoms with E-state index in [-0.39, 0.29) is 30.1 Å². The summed E-state index contributed by atoms with van der Waals surface area (Å²) in [4.78, 5) is 9.32. The molecule has 2 atom stereocenters. The minimum Gasteiger partial charge on any atom is -0.370 e. The Labute approximate surface area is 197 Å². The third kappa shape index (κ3) is 6.18. The third-order valence-electron chi connectivity index (χ3n) is 5.57. The van der Waals surface area contributed by atoms with Gasteiger partial charge in [0.15, 0.2) is 5.96 Å². The number of halogens is 1. The van der Waals surface area contributed by atoms with Crippen LogP contribution in [0.1, 0.15) is 37.1 Å². The second-order valence-electron chi connectivity index (χ2n) is 7.33. The Balaban J connectivity index is 0.00000320. The molecule has 30 heavy (non-hydrogen) atoms. The lowest BCUT2D eigenvalue weighted by molar-refractivity contribution is -0.00813. The molecule has 0 saturated carbocycles. The summed E-state index contributed by atoms with van der Waals surface area (Å²) < 4.78 is 7.80. The molecule has 1 aliphatic rings. The van der Waals surface area contributed by atoms with E-state index in [0.717, 1.165) is 44.2 Å². The zero-order valence-electron chi connectivity index (χ0n) is 18.5. The Morgan fingerprint density at radius 2 is 2.03 bits per heavy atom. The highest BCUT2D eigenvalue weighted by Crippen LogP contribution is 2.22. The molecule has 2 unspecified atom stereocenters. The number of likely N-dealkylation sites (N-methyl/N-ethyl adjacent to an activating group) is 1. The van der Waals surface area contributed by atoms with Crippen LogP contribution in [0, 0.1) is 0 Å². The molecule has 0 bridgehead atoms. The fourth-order valence-electron chi connectivity index (χ4n) is 3.97. The number of ether oxygens (including phenoxy) is 1. The number of hydrogen-bond donors (Lipinski definition) is 1. The summed E-state index contributed by atoms with van der Waals surface area (Å²) in [7, 11) is 3.79. The number of aliphatic imine (C=N–C) groups is 1. The number of guanidine groups is 1. The van der Waals surface area contributed by atoms with Gasteiger partial charge in [0.2, 0.25) is 0 Å². The van der Waals surface area contributed by atoms with Crippen molar-refractivity contribution in [3.05, 3.63) is 53.9 Å². The minimum atomic E-state index is 0. The average molecular weight is 526 g/mol. The molecule has 0 radical (unpaired) electrons. The lowest BCUT2D eigenvalue weighted by atomic mass is 10.1. The van der Waals surface area contributed by atoms with Crippen LogP contribution in [0.3, 0.4) is 0 Å². The number of aromatic nitrogens is 2. The number of hydrogen-bond acceptors (Lipinski definition) is 4. The fourth-order valence-corrected chi connectivity index (χ4v) is 3.97. The Morgan fingerprint density at radius 1 is 1.30 bits per heavy atom. The fraction of sp³-hybridized carbons (Fsp3) is 0.545. The zero-order chi connectivity index (χ0) is 20.6. The van der Waals surface area contributed by atoms with Crippen LogP contribution in [0.5, 0.6) is 0 Å². The maximum atomic E-state index is 5.98. The van der Waals surface area contributed by atoms with Gasteiger partial charge in [-0.2, -0.15) is 5.10 Å². The molecule has 2 heterocycles. The quantitative estimate of drug-likeness (QED) is 0.342. The Hall–Kier alpha value is -1.65. The van der Waals surface area contributed by atoms with Crippen LogP contribution in [0.2, 0.25) is 0 Å². The predicted octanol–water partition coefficient (Wildman–Crippen LogP) is 3.07. The number of nitrogens with one attached hydrogen (secondary N) is 1. The third-order valence-corrected chi connectivity index (χ3v) is 5.57. The molecule has 0 aliphatic carbocycles. The van der Waals surface area contributed by atoms with Gasteiger partial charge in [0.25, 0.3) is 0 Å². The standard InChI is InChI=1S/C22H34N6O.HI/c1-5-27(6-2)20(18-10-8-7-9-11-18)15-24-22(23-3)28-12-13-29-21(17-28)19-14-25-26(4)16-19;/h7-11,14,16,20-21H,5-6,12-13,15,17H2,1-4H3,(H,23,24);1H. The highest BCUT2D eigenvalue weighted by Gasteiger charge is 2.26. The Bertz CT molecular complexity index is 777. The van der Waals surface area contributed by atoms with Crippen LogP contribution < -0.4 is 5.32 Å². The van der Waals surface area contributed by atoms with E-state index in [0.29, 0.717) is 12.6 Å². The average Bonchev–Trinajstić information content (AvgIpc) is 3.21. The van der Waals surface area contributed by atoms with Crippen molar-refractivity contribution in [2.75, 3.05) is 46.4 Å². The van der Waals surface area contributed by atoms with Crippen molar-refractivity contribution in [1.82, 2.24) is 24.9 Å². The molecule has 7 nitrogen and oxygen atoms in total. The van der Waals surface area contributed by atoms with Crippen LogP contribution in [0.4, 0.5) is 0 Å². The summed E-state index contributed by atoms with van der Waals surface area (Å²) in [6.07, 6.45) is 3.93. The molecule has 1 aliphatic heterocycles. The van der Waals surface area contributed by atoms with Gasteiger partial charge in [0, 0.05) is 38.9 Å². The van der Waals surface area contributed by atoms with E-state index in [9.17, 15) is 0 Å². The summed E-state index contributed by atoms with van der Waals surface area (Å²) in [5.74, 6) is 0.926. The summed E-state index contributed by atoms with van der Waals surface area (Å²) in [6.45, 7) is 9.55. The lowest BCUT2D eigenvalue weighted by Gasteiger charge is -2.36. The minimum absolute atomic E-state index is 0. The van der Waals surface area contributed by atoms with Gasteiger partial charge in [0.05, 0.1) is 25.4 Å². The molecule has 3 rings (SSSR count). The molecular formula is C22H35IN6O. The van der Waals surface area contributed by atoms with Crippen molar-refractivity contribution < 1.29 is 4.74 Å². The van der Waals surface area contributed by atoms with Crippen molar-refractivity contribution in [2.24, 2.45) is 12.0 Å². The first kappa shape index (κ1) is 24.6. The lowest BCUT2D eigenvalue weighted by Crippen LogP contribution is -2.50. The van der Waals surface area contributed by atoms with Crippen molar-refractivity contribution in [2.45, 2.75) is 26.0 Å². The normalized spacial score (nSPS) is 18.2. The molecule has 1 saturated heterocycles. The maximum absolute atomic E-state index is 5.98. The summed E-state index contributed by atoms with van der Waals surface area (Å²) in [5.41, 5.74) is 2.44. The molecule has 166 valence electrons. The van der Waals surface area contributed by atoms with Crippen LogP contribution in [-0.4, -0.2) is 71.9 Å². The number of benzene rings is 1. The van der Waals surface area contributed by atoms with Crippen LogP contribution in [0.15, 0.2) is 47.7 Å². The first-order chi connectivity index (χ1) is 14.2. The molecule has 1 fully saturated rings. The molecular weight excluding hydrogens is 491 g/mol. The van der Waals surface area contributed by atoms with E-state index in [4.69, 9.17) is 4.74 Å². The second kappa shape index (κ2) is 12.3. The highest BCUT2D eigenvalue weighted by atomic mass is 127. The molecule has 0 amide bonds. The number of rotatable bonds is 7. The Morgan fingerprint density at radius 3 is 2.63 bits per heavy atom. The monoisotopic (exact) mass is 526 g/mol. The van der Waals surface area contributed by atoms with E-state index in [1.165, 1.54) is 5.56 Å². The van der Waals surface area contributed by atoms with Crippen molar-refractivity contribution >= 4 is 29.9 Å². The van der Waals surface area contributed by atoms with E-state index >= 15 is 0 Å². The van der Waals surface area contributed by atoms with Crippen LogP contribution in [-0.2, 0) is 11.8 Å². The second-order valence-corrected chi connectivity index (χ2v) is 7.33. The highest BCUT2D eigenvalue weighted by molar-refractivity contribution is 14.0. The van der Waals surface area contributed by atoms with E-state index < -0.39 is 0 Å². The largest absolute Gasteiger partial charge is 0.370 e. The van der Waals surface area contributed by atoms with Crippen molar-refractivity contribution in [3.63, 3.8) is 0 Å². The molecule has 0 spiro atoms. The van der Waals surface area contributed by atoms with E-state index in [1.54, 1.807) is 0 Å². The van der Waals surface area contributed by atoms with Gasteiger partial charge in [-0.05, 0) is 18.7 Å². The van der Waals surface area contributed by atoms with Gasteiger partial charge >= 0.3 is 0 Å². The van der Waals surface area contributed by atoms with E-state index in [1.807, 2.05) is 31.2 Å². The number of morpholine rings is 1. The van der Waals surface area contributed by atoms with Gasteiger partial charge in [-0.15, -0.1) is 24.0 Å². The molecule has 2 aromatic rings. The summed E-state index contributed by atoms with van der Waals surface area (Å²) in [5, 5.41) is 7.90. The summed E-state index contributed by atoms with van der Waals surface area (Å²) in [6, 6.07) is 11.0. The van der Waals surface area contributed by atoms with Gasteiger partial charge in [-0.1, -0.05) is 44.2 Å². The molecule has 8 heteroatoms. The summed E-state index contributed by atoms with van der Waals surface area (Å²) >= 11 is 0. The predicted molar refractivity (Wildman–Crippen MR) is 132 cm³/mol. The van der Waals surface area contributed by atoms with Crippen LogP contribution in [0.25, 0.3) is 0 Å². The zero-order valence-corrected chi connectivity index (χ0v) is 20.8. The van der Waals surface area contributed by atoms with Gasteiger partial charge < -0.3 is 15.0 Å². The molecule has 1 N–H and O–H groups in total. The molecule has 1 aromatic heterocycles. The van der Waals surface area contributed by atoms with Crippen molar-refractivity contribution in [3.8, 4) is 0 Å². The van der Waals surface area contributed by atoms with Gasteiger partial charge in [-0.3, -0.25) is 14.6 Å². The SMILES string of the molecule is CCN(CC)C(CNC(=NC)N1CCOC(c2cnn(C)c2)C1)c1ccccc1.I. The number of nitrogens with zero attached hydrogens (tertiary/aromatic N) is 5. The number of aryl methyl sites for hydroxylation is 1. The molecule has 1 aromatic carbocycles. The van der Waals surface area contributed by atoms with Crippen molar-refractivity contribution in [1.29, 1.82) is 0 Å². The maximum Gasteiger partial charge on any atom is 0.193 e. The van der Waals surface area contributed by atoms with Crippen LogP contribution >= 0.6 is 24.0 Å².